The smallest absolute Gasteiger partial charge is 0.157 e. The van der Waals surface area contributed by atoms with Gasteiger partial charge in [-0.05, 0) is 31.9 Å². The van der Waals surface area contributed by atoms with Gasteiger partial charge < -0.3 is 19.5 Å². The summed E-state index contributed by atoms with van der Waals surface area (Å²) in [4.78, 5) is 0. The van der Waals surface area contributed by atoms with Crippen LogP contribution in [0, 0.1) is 0 Å². The third-order valence-electron chi connectivity index (χ3n) is 4.47. The number of aryl methyl sites for hydroxylation is 1. The lowest BCUT2D eigenvalue weighted by atomic mass is 10.0. The lowest BCUT2D eigenvalue weighted by molar-refractivity contribution is 0.138. The molecule has 3 rings (SSSR count). The van der Waals surface area contributed by atoms with E-state index >= 15 is 0 Å². The van der Waals surface area contributed by atoms with Crippen LogP contribution in [0.4, 0.5) is 0 Å². The molecule has 25 heavy (non-hydrogen) atoms. The highest BCUT2D eigenvalue weighted by Crippen LogP contribution is 2.20. The molecule has 136 valence electrons. The second-order valence-electron chi connectivity index (χ2n) is 6.42. The third kappa shape index (κ3) is 4.52. The molecular formula is C19H27N3O3. The van der Waals surface area contributed by atoms with Crippen LogP contribution in [0.15, 0.2) is 36.7 Å². The predicted molar refractivity (Wildman–Crippen MR) is 96.2 cm³/mol. The Balaban J connectivity index is 1.57. The third-order valence-corrected chi connectivity index (χ3v) is 4.47. The van der Waals surface area contributed by atoms with E-state index in [4.69, 9.17) is 14.2 Å². The van der Waals surface area contributed by atoms with E-state index in [2.05, 4.69) is 30.3 Å². The molecule has 0 bridgehead atoms. The van der Waals surface area contributed by atoms with Crippen molar-refractivity contribution in [1.82, 2.24) is 15.1 Å². The van der Waals surface area contributed by atoms with Crippen LogP contribution in [0.25, 0.3) is 0 Å². The zero-order chi connectivity index (χ0) is 17.6. The number of hydrogen-bond donors (Lipinski definition) is 1. The first kappa shape index (κ1) is 17.8. The highest BCUT2D eigenvalue weighted by molar-refractivity contribution is 5.33. The molecule has 0 amide bonds. The number of benzene rings is 1. The Labute approximate surface area is 149 Å². The lowest BCUT2D eigenvalue weighted by Gasteiger charge is -2.24. The molecule has 1 N–H and O–H groups in total. The summed E-state index contributed by atoms with van der Waals surface area (Å²) >= 11 is 0. The number of methoxy groups -OCH3 is 1. The van der Waals surface area contributed by atoms with E-state index < -0.39 is 0 Å². The van der Waals surface area contributed by atoms with Crippen LogP contribution in [0.5, 0.6) is 11.5 Å². The number of ether oxygens (including phenoxy) is 3. The van der Waals surface area contributed by atoms with Crippen LogP contribution in [0.3, 0.4) is 0 Å². The molecule has 0 aliphatic carbocycles. The van der Waals surface area contributed by atoms with E-state index in [1.807, 2.05) is 29.1 Å². The molecule has 0 saturated carbocycles. The normalized spacial score (nSPS) is 21.2. The van der Waals surface area contributed by atoms with Gasteiger partial charge in [0.05, 0.1) is 38.8 Å². The minimum Gasteiger partial charge on any atom is -0.496 e. The van der Waals surface area contributed by atoms with Gasteiger partial charge in [-0.1, -0.05) is 18.2 Å². The number of rotatable bonds is 8. The maximum Gasteiger partial charge on any atom is 0.157 e. The fourth-order valence-corrected chi connectivity index (χ4v) is 3.19. The van der Waals surface area contributed by atoms with Crippen molar-refractivity contribution in [3.05, 3.63) is 42.2 Å². The minimum atomic E-state index is -0.00498. The van der Waals surface area contributed by atoms with Gasteiger partial charge in [0.25, 0.3) is 0 Å². The van der Waals surface area contributed by atoms with E-state index in [1.54, 1.807) is 13.3 Å². The van der Waals surface area contributed by atoms with E-state index in [0.29, 0.717) is 13.2 Å². The maximum atomic E-state index is 6.07. The second-order valence-corrected chi connectivity index (χ2v) is 6.42. The first-order valence-electron chi connectivity index (χ1n) is 8.84. The van der Waals surface area contributed by atoms with Crippen LogP contribution in [-0.4, -0.2) is 48.3 Å². The Kier molecular flexibility index (Phi) is 5.94. The minimum absolute atomic E-state index is 0.00498. The topological polar surface area (TPSA) is 57.5 Å². The number of para-hydroxylation sites is 1. The fraction of sp³-hybridized carbons (Fsp3) is 0.526. The van der Waals surface area contributed by atoms with Crippen LogP contribution >= 0.6 is 0 Å². The molecule has 6 nitrogen and oxygen atoms in total. The van der Waals surface area contributed by atoms with E-state index in [0.717, 1.165) is 24.5 Å². The molecule has 2 aromatic rings. The zero-order valence-corrected chi connectivity index (χ0v) is 15.1. The molecule has 1 aromatic heterocycles. The standard InChI is InChI=1S/C19H27N3O3/c1-4-22-11-16(10-20-22)25-19-13-24-12-17(19)21-14(2)9-15-7-5-6-8-18(15)23-3/h5-8,10-11,14,17,19,21H,4,9,12-13H2,1-3H3/t14?,17-,19+/m0/s1. The van der Waals surface area contributed by atoms with Crippen LogP contribution in [0.2, 0.25) is 0 Å². The van der Waals surface area contributed by atoms with Gasteiger partial charge in [0.1, 0.15) is 11.9 Å². The molecule has 0 spiro atoms. The van der Waals surface area contributed by atoms with Crippen molar-refractivity contribution in [3.63, 3.8) is 0 Å². The lowest BCUT2D eigenvalue weighted by Crippen LogP contribution is -2.46. The summed E-state index contributed by atoms with van der Waals surface area (Å²) in [6.07, 6.45) is 4.57. The number of hydrogen-bond acceptors (Lipinski definition) is 5. The first-order valence-corrected chi connectivity index (χ1v) is 8.84. The Hall–Kier alpha value is -2.05. The van der Waals surface area contributed by atoms with E-state index in [9.17, 15) is 0 Å². The van der Waals surface area contributed by atoms with Crippen LogP contribution in [0.1, 0.15) is 19.4 Å². The molecule has 6 heteroatoms. The van der Waals surface area contributed by atoms with Crippen molar-refractivity contribution in [2.24, 2.45) is 0 Å². The van der Waals surface area contributed by atoms with Gasteiger partial charge in [-0.2, -0.15) is 5.10 Å². The van der Waals surface area contributed by atoms with Crippen LogP contribution < -0.4 is 14.8 Å². The Bertz CT molecular complexity index is 673. The summed E-state index contributed by atoms with van der Waals surface area (Å²) in [7, 11) is 1.71. The van der Waals surface area contributed by atoms with Gasteiger partial charge in [0, 0.05) is 12.6 Å². The summed E-state index contributed by atoms with van der Waals surface area (Å²) in [5.41, 5.74) is 1.20. The SMILES string of the molecule is CCn1cc(O[C@@H]2COC[C@@H]2NC(C)Cc2ccccc2OC)cn1. The monoisotopic (exact) mass is 345 g/mol. The number of nitrogens with one attached hydrogen (secondary N) is 1. The maximum absolute atomic E-state index is 6.07. The summed E-state index contributed by atoms with van der Waals surface area (Å²) < 4.78 is 19.0. The highest BCUT2D eigenvalue weighted by atomic mass is 16.5. The highest BCUT2D eigenvalue weighted by Gasteiger charge is 2.31. The van der Waals surface area contributed by atoms with Crippen molar-refractivity contribution in [2.45, 2.75) is 45.0 Å². The Morgan fingerprint density at radius 1 is 1.36 bits per heavy atom. The molecule has 1 fully saturated rings. The van der Waals surface area contributed by atoms with Crippen molar-refractivity contribution < 1.29 is 14.2 Å². The first-order chi connectivity index (χ1) is 12.2. The van der Waals surface area contributed by atoms with Crippen molar-refractivity contribution in [3.8, 4) is 11.5 Å². The van der Waals surface area contributed by atoms with Gasteiger partial charge in [-0.25, -0.2) is 0 Å². The predicted octanol–water partition coefficient (Wildman–Crippen LogP) is 2.28. The molecule has 1 aliphatic rings. The average Bonchev–Trinajstić information content (AvgIpc) is 3.25. The van der Waals surface area contributed by atoms with Crippen LogP contribution in [-0.2, 0) is 17.7 Å². The van der Waals surface area contributed by atoms with Crippen molar-refractivity contribution >= 4 is 0 Å². The second kappa shape index (κ2) is 8.36. The Morgan fingerprint density at radius 2 is 2.20 bits per heavy atom. The molecular weight excluding hydrogens is 318 g/mol. The quantitative estimate of drug-likeness (QED) is 0.795. The van der Waals surface area contributed by atoms with Crippen molar-refractivity contribution in [1.29, 1.82) is 0 Å². The summed E-state index contributed by atoms with van der Waals surface area (Å²) in [5, 5.41) is 7.89. The van der Waals surface area contributed by atoms with Gasteiger partial charge in [0.15, 0.2) is 5.75 Å². The molecule has 3 atom stereocenters. The fourth-order valence-electron chi connectivity index (χ4n) is 3.19. The van der Waals surface area contributed by atoms with E-state index in [-0.39, 0.29) is 18.2 Å². The molecule has 1 aliphatic heterocycles. The molecule has 1 unspecified atom stereocenters. The summed E-state index contributed by atoms with van der Waals surface area (Å²) in [5.74, 6) is 1.72. The zero-order valence-electron chi connectivity index (χ0n) is 15.1. The largest absolute Gasteiger partial charge is 0.496 e. The van der Waals surface area contributed by atoms with Gasteiger partial charge >= 0.3 is 0 Å². The summed E-state index contributed by atoms with van der Waals surface area (Å²) in [6.45, 7) is 6.32. The molecule has 1 saturated heterocycles. The Morgan fingerprint density at radius 3 is 2.96 bits per heavy atom. The molecule has 2 heterocycles. The molecule has 1 aromatic carbocycles. The van der Waals surface area contributed by atoms with Crippen molar-refractivity contribution in [2.75, 3.05) is 20.3 Å². The molecule has 0 radical (unpaired) electrons. The summed E-state index contributed by atoms with van der Waals surface area (Å²) in [6, 6.07) is 8.58. The van der Waals surface area contributed by atoms with Gasteiger partial charge in [-0.3, -0.25) is 4.68 Å². The number of aromatic nitrogens is 2. The van der Waals surface area contributed by atoms with Gasteiger partial charge in [0.2, 0.25) is 0 Å². The van der Waals surface area contributed by atoms with Gasteiger partial charge in [-0.15, -0.1) is 0 Å². The average molecular weight is 345 g/mol. The number of nitrogens with zero attached hydrogens (tertiary/aromatic N) is 2. The van der Waals surface area contributed by atoms with E-state index in [1.165, 1.54) is 5.56 Å².